The van der Waals surface area contributed by atoms with Crippen molar-refractivity contribution in [1.82, 2.24) is 10.5 Å². The van der Waals surface area contributed by atoms with Gasteiger partial charge in [0, 0.05) is 48.4 Å². The Bertz CT molecular complexity index is 2980. The zero-order valence-electron chi connectivity index (χ0n) is 37.8. The Morgan fingerprint density at radius 1 is 0.882 bits per heavy atom. The van der Waals surface area contributed by atoms with Gasteiger partial charge in [0.15, 0.2) is 5.71 Å². The van der Waals surface area contributed by atoms with Crippen molar-refractivity contribution >= 4 is 82.0 Å². The van der Waals surface area contributed by atoms with Gasteiger partial charge in [0.1, 0.15) is 6.20 Å². The summed E-state index contributed by atoms with van der Waals surface area (Å²) >= 11 is 0. The minimum atomic E-state index is -4.52. The summed E-state index contributed by atoms with van der Waals surface area (Å²) in [5.41, 5.74) is 4.77. The number of fused-ring (bicyclic) bond motifs is 4. The second-order valence-electron chi connectivity index (χ2n) is 17.6. The van der Waals surface area contributed by atoms with E-state index in [0.717, 1.165) is 22.3 Å². The lowest BCUT2D eigenvalue weighted by Gasteiger charge is -2.27. The van der Waals surface area contributed by atoms with Gasteiger partial charge in [0.25, 0.3) is 38.0 Å². The largest absolute Gasteiger partial charge is 0.748 e. The second-order valence-corrected chi connectivity index (χ2v) is 22.1. The molecule has 0 saturated carbocycles. The Hall–Kier alpha value is -5.69. The van der Waals surface area contributed by atoms with Crippen LogP contribution in [-0.2, 0) is 71.8 Å². The van der Waals surface area contributed by atoms with Gasteiger partial charge in [-0.2, -0.15) is 16.8 Å². The molecule has 4 heterocycles. The first-order chi connectivity index (χ1) is 31.8. The number of imide groups is 1. The van der Waals surface area contributed by atoms with Crippen LogP contribution >= 0.6 is 0 Å². The molecule has 1 saturated heterocycles. The number of hydrogen-bond donors (Lipinski definition) is 3. The van der Waals surface area contributed by atoms with Crippen LogP contribution in [0.4, 0.5) is 11.5 Å². The number of carbonyl (C=O) groups excluding carboxylic acids is 4. The number of aromatic nitrogens is 1. The van der Waals surface area contributed by atoms with E-state index in [0.29, 0.717) is 46.8 Å². The first kappa shape index (κ1) is 51.7. The van der Waals surface area contributed by atoms with E-state index in [1.165, 1.54) is 18.3 Å². The molecule has 3 N–H and O–H groups in total. The fourth-order valence-electron chi connectivity index (χ4n) is 8.41. The maximum absolute atomic E-state index is 13.4. The summed E-state index contributed by atoms with van der Waals surface area (Å²) in [5, 5.41) is 1.80. The van der Waals surface area contributed by atoms with Crippen LogP contribution in [0.2, 0.25) is 0 Å². The third-order valence-electron chi connectivity index (χ3n) is 11.8. The lowest BCUT2D eigenvalue weighted by Crippen LogP contribution is -2.38. The summed E-state index contributed by atoms with van der Waals surface area (Å²) in [6, 6.07) is 9.51. The van der Waals surface area contributed by atoms with Gasteiger partial charge >= 0.3 is 11.8 Å². The summed E-state index contributed by atoms with van der Waals surface area (Å²) in [7, 11) is -13.2. The molecule has 68 heavy (non-hydrogen) atoms. The third kappa shape index (κ3) is 12.3. The Balaban J connectivity index is 1.16. The highest BCUT2D eigenvalue weighted by molar-refractivity contribution is 7.86. The first-order valence-corrected chi connectivity index (χ1v) is 26.3. The number of amides is 3. The van der Waals surface area contributed by atoms with Crippen LogP contribution in [0.3, 0.4) is 0 Å². The number of nitrogens with zero attached hydrogens (tertiary/aromatic N) is 4. The Morgan fingerprint density at radius 2 is 1.60 bits per heavy atom. The SMILES string of the molecule is CC1(C)C(/C=C/C=C/C=C2/N(CCCS(=O)(=O)O)c3ccc4cc(S(=O)(=O)O)ccc4c3C2(C)C)=Nc2c1cc(C(=O)NOCCCCCC(=O)ON1C(=O)CCC1=O)c[n+]2CCCS(=O)(=O)[O-]. The van der Waals surface area contributed by atoms with Crippen molar-refractivity contribution in [1.29, 1.82) is 0 Å². The van der Waals surface area contributed by atoms with E-state index in [2.05, 4.69) is 5.48 Å². The van der Waals surface area contributed by atoms with Crippen molar-refractivity contribution in [3.05, 3.63) is 95.4 Å². The number of anilines is 1. The Morgan fingerprint density at radius 3 is 2.28 bits per heavy atom. The molecule has 3 aliphatic rings. The molecule has 0 atom stereocenters. The summed E-state index contributed by atoms with van der Waals surface area (Å²) in [6.07, 6.45) is 11.9. The van der Waals surface area contributed by atoms with E-state index < -0.39 is 76.4 Å². The molecular weight excluding hydrogens is 947 g/mol. The van der Waals surface area contributed by atoms with Gasteiger partial charge in [-0.1, -0.05) is 50.6 Å². The molecule has 366 valence electrons. The average molecular weight is 1000 g/mol. The van der Waals surface area contributed by atoms with Crippen molar-refractivity contribution < 1.29 is 72.3 Å². The molecule has 2 aromatic carbocycles. The fraction of sp³-hybridized carbons (Fsp3) is 0.422. The Labute approximate surface area is 394 Å². The van der Waals surface area contributed by atoms with Gasteiger partial charge in [-0.3, -0.25) is 28.3 Å². The van der Waals surface area contributed by atoms with Crippen LogP contribution in [0.1, 0.15) is 101 Å². The standard InChI is InChI=1S/C45H53N5O15S3/c1-44(2)34-28-31(43(54)47-64-24-10-6-9-15-40(53)65-50-38(51)20-21-39(50)52)29-48(22-11-25-66(55,56)57)42(34)46-36(44)13-7-5-8-14-37-45(3,4)41-33-18-17-32(68(61,62)63)27-30(33)16-19-35(41)49(37)23-12-26-67(58,59)60/h5,7-8,13-14,16-19,27-29H,6,9-12,15,20-26H2,1-4H3,(H3-,47,54,55,56,57,58,59,60,61,62,63). The molecule has 0 unspecified atom stereocenters. The van der Waals surface area contributed by atoms with Gasteiger partial charge in [0.2, 0.25) is 0 Å². The molecule has 6 rings (SSSR count). The van der Waals surface area contributed by atoms with E-state index in [-0.39, 0.29) is 62.3 Å². The number of pyridine rings is 1. The van der Waals surface area contributed by atoms with Crippen molar-refractivity contribution in [2.24, 2.45) is 4.99 Å². The van der Waals surface area contributed by atoms with E-state index in [9.17, 15) is 58.1 Å². The average Bonchev–Trinajstić information content (AvgIpc) is 3.78. The normalized spacial score (nSPS) is 17.5. The highest BCUT2D eigenvalue weighted by atomic mass is 32.2. The molecule has 3 aliphatic heterocycles. The van der Waals surface area contributed by atoms with Gasteiger partial charge in [-0.15, -0.1) is 5.06 Å². The molecule has 1 aromatic heterocycles. The fourth-order valence-corrected chi connectivity index (χ4v) is 9.90. The van der Waals surface area contributed by atoms with Gasteiger partial charge in [-0.05, 0) is 97.3 Å². The van der Waals surface area contributed by atoms with Gasteiger partial charge in [-0.25, -0.2) is 23.3 Å². The molecule has 0 radical (unpaired) electrons. The molecule has 3 aromatic rings. The third-order valence-corrected chi connectivity index (χ3v) is 14.3. The maximum Gasteiger partial charge on any atom is 0.333 e. The molecule has 1 fully saturated rings. The summed E-state index contributed by atoms with van der Waals surface area (Å²) in [5.74, 6) is -3.07. The number of aliphatic imine (C=N–C) groups is 1. The molecule has 23 heteroatoms. The van der Waals surface area contributed by atoms with Gasteiger partial charge in [0.05, 0.1) is 50.5 Å². The van der Waals surface area contributed by atoms with Crippen LogP contribution in [0.5, 0.6) is 0 Å². The zero-order chi connectivity index (χ0) is 49.8. The highest BCUT2D eigenvalue weighted by Crippen LogP contribution is 2.51. The van der Waals surface area contributed by atoms with Crippen LogP contribution in [-0.4, -0.2) is 98.0 Å². The summed E-state index contributed by atoms with van der Waals surface area (Å²) < 4.78 is 102. The van der Waals surface area contributed by atoms with E-state index in [1.807, 2.05) is 38.7 Å². The number of benzene rings is 2. The minimum absolute atomic E-state index is 0.00261. The van der Waals surface area contributed by atoms with Crippen molar-refractivity contribution in [2.45, 2.75) is 101 Å². The lowest BCUT2D eigenvalue weighted by molar-refractivity contribution is -0.684. The number of nitrogens with one attached hydrogen (secondary N) is 1. The number of hydroxylamine groups is 3. The van der Waals surface area contributed by atoms with E-state index >= 15 is 0 Å². The number of carbonyl (C=O) groups is 4. The smallest absolute Gasteiger partial charge is 0.333 e. The number of rotatable bonds is 21. The molecule has 0 bridgehead atoms. The van der Waals surface area contributed by atoms with Crippen molar-refractivity contribution in [2.75, 3.05) is 29.6 Å². The van der Waals surface area contributed by atoms with Crippen molar-refractivity contribution in [3.63, 3.8) is 0 Å². The van der Waals surface area contributed by atoms with E-state index in [4.69, 9.17) is 14.7 Å². The number of allylic oxidation sites excluding steroid dienone is 6. The predicted octanol–water partition coefficient (Wildman–Crippen LogP) is 4.57. The molecule has 20 nitrogen and oxygen atoms in total. The monoisotopic (exact) mass is 999 g/mol. The van der Waals surface area contributed by atoms with E-state index in [1.54, 1.807) is 53.1 Å². The van der Waals surface area contributed by atoms with Crippen molar-refractivity contribution in [3.8, 4) is 0 Å². The highest BCUT2D eigenvalue weighted by Gasteiger charge is 2.44. The van der Waals surface area contributed by atoms with Crippen LogP contribution < -0.4 is 14.9 Å². The lowest BCUT2D eigenvalue weighted by atomic mass is 9.81. The maximum atomic E-state index is 13.4. The molecule has 0 aliphatic carbocycles. The first-order valence-electron chi connectivity index (χ1n) is 21.7. The second kappa shape index (κ2) is 20.5. The quantitative estimate of drug-likeness (QED) is 0.0329. The zero-order valence-corrected chi connectivity index (χ0v) is 40.3. The summed E-state index contributed by atoms with van der Waals surface area (Å²) in [4.78, 5) is 65.6. The Kier molecular flexibility index (Phi) is 15.6. The summed E-state index contributed by atoms with van der Waals surface area (Å²) in [6.45, 7) is 8.14. The minimum Gasteiger partial charge on any atom is -0.748 e. The number of hydrogen-bond acceptors (Lipinski definition) is 15. The van der Waals surface area contributed by atoms with Crippen LogP contribution in [0.25, 0.3) is 10.8 Å². The number of unbranched alkanes of at least 4 members (excludes halogenated alkanes) is 2. The molecule has 3 amide bonds. The van der Waals surface area contributed by atoms with Gasteiger partial charge < -0.3 is 14.3 Å². The molecular formula is C45H53N5O15S3. The molecule has 0 spiro atoms. The topological polar surface area (TPSA) is 287 Å². The van der Waals surface area contributed by atoms with Crippen LogP contribution in [0.15, 0.2) is 88.6 Å². The van der Waals surface area contributed by atoms with Crippen LogP contribution in [0, 0.1) is 0 Å². The number of aryl methyl sites for hydroxylation is 1. The predicted molar refractivity (Wildman–Crippen MR) is 247 cm³/mol.